The fourth-order valence-electron chi connectivity index (χ4n) is 3.34. The van der Waals surface area contributed by atoms with Crippen molar-refractivity contribution in [3.8, 4) is 11.4 Å². The summed E-state index contributed by atoms with van der Waals surface area (Å²) >= 11 is 0. The molecule has 0 bridgehead atoms. The van der Waals surface area contributed by atoms with E-state index in [1.165, 1.54) is 21.7 Å². The molecule has 0 aliphatic carbocycles. The monoisotopic (exact) mass is 309 g/mol. The summed E-state index contributed by atoms with van der Waals surface area (Å²) in [4.78, 5) is 12.4. The molecule has 5 aromatic rings. The van der Waals surface area contributed by atoms with E-state index < -0.39 is 0 Å². The minimum absolute atomic E-state index is 0.891. The lowest BCUT2D eigenvalue weighted by Crippen LogP contribution is -1.87. The van der Waals surface area contributed by atoms with Crippen molar-refractivity contribution in [3.63, 3.8) is 0 Å². The highest BCUT2D eigenvalue weighted by Gasteiger charge is 2.10. The van der Waals surface area contributed by atoms with E-state index in [0.717, 1.165) is 27.8 Å². The highest BCUT2D eigenvalue weighted by Crippen LogP contribution is 2.31. The number of fused-ring (bicyclic) bond motifs is 3. The van der Waals surface area contributed by atoms with Gasteiger partial charge in [0.05, 0.1) is 11.4 Å². The van der Waals surface area contributed by atoms with Crippen molar-refractivity contribution in [2.75, 3.05) is 0 Å². The quantitative estimate of drug-likeness (QED) is 0.430. The van der Waals surface area contributed by atoms with Crippen LogP contribution >= 0.6 is 0 Å². The van der Waals surface area contributed by atoms with Gasteiger partial charge in [-0.15, -0.1) is 0 Å². The summed E-state index contributed by atoms with van der Waals surface area (Å²) in [7, 11) is 0. The van der Waals surface area contributed by atoms with E-state index in [4.69, 9.17) is 0 Å². The number of nitrogens with one attached hydrogen (secondary N) is 1. The number of aromatic nitrogens is 3. The summed E-state index contributed by atoms with van der Waals surface area (Å²) in [5.74, 6) is 0. The Bertz CT molecular complexity index is 1180. The van der Waals surface area contributed by atoms with Crippen molar-refractivity contribution in [1.29, 1.82) is 0 Å². The number of rotatable bonds is 1. The maximum Gasteiger partial charge on any atom is 0.137 e. The van der Waals surface area contributed by atoms with Gasteiger partial charge in [-0.05, 0) is 59.5 Å². The summed E-state index contributed by atoms with van der Waals surface area (Å²) < 4.78 is 0. The topological polar surface area (TPSA) is 41.6 Å². The molecule has 0 fully saturated rings. The molecule has 24 heavy (non-hydrogen) atoms. The Labute approximate surface area is 139 Å². The van der Waals surface area contributed by atoms with Crippen molar-refractivity contribution in [1.82, 2.24) is 15.0 Å². The first-order chi connectivity index (χ1) is 11.8. The Morgan fingerprint density at radius 3 is 2.62 bits per heavy atom. The minimum Gasteiger partial charge on any atom is -0.338 e. The highest BCUT2D eigenvalue weighted by atomic mass is 14.9. The van der Waals surface area contributed by atoms with Gasteiger partial charge in [0.25, 0.3) is 0 Å². The van der Waals surface area contributed by atoms with Crippen LogP contribution in [0.2, 0.25) is 0 Å². The average molecular weight is 309 g/mol. The van der Waals surface area contributed by atoms with Crippen molar-refractivity contribution in [3.05, 3.63) is 72.6 Å². The Balaban J connectivity index is 1.82. The van der Waals surface area contributed by atoms with E-state index in [0.29, 0.717) is 0 Å². The average Bonchev–Trinajstić information content (AvgIpc) is 3.03. The molecule has 0 aliphatic rings. The molecule has 0 aliphatic heterocycles. The SMILES string of the molecule is Cc1ccc2cc3c(-c4cc5cccnc5[nH]4)nccc3cc2c1. The van der Waals surface area contributed by atoms with Gasteiger partial charge in [0.2, 0.25) is 0 Å². The maximum atomic E-state index is 4.64. The van der Waals surface area contributed by atoms with Gasteiger partial charge in [0, 0.05) is 23.2 Å². The number of hydrogen-bond donors (Lipinski definition) is 1. The van der Waals surface area contributed by atoms with E-state index in [9.17, 15) is 0 Å². The van der Waals surface area contributed by atoms with E-state index >= 15 is 0 Å². The van der Waals surface area contributed by atoms with Gasteiger partial charge in [-0.1, -0.05) is 23.8 Å². The lowest BCUT2D eigenvalue weighted by atomic mass is 10.0. The lowest BCUT2D eigenvalue weighted by Gasteiger charge is -2.07. The number of benzene rings is 2. The molecule has 0 spiro atoms. The minimum atomic E-state index is 0.891. The normalized spacial score (nSPS) is 11.5. The number of aromatic amines is 1. The fourth-order valence-corrected chi connectivity index (χ4v) is 3.34. The van der Waals surface area contributed by atoms with Crippen LogP contribution in [0.5, 0.6) is 0 Å². The Kier molecular flexibility index (Phi) is 2.71. The first kappa shape index (κ1) is 13.3. The third kappa shape index (κ3) is 1.98. The van der Waals surface area contributed by atoms with Gasteiger partial charge in [-0.2, -0.15) is 0 Å². The summed E-state index contributed by atoms with van der Waals surface area (Å²) in [5, 5.41) is 5.95. The number of pyridine rings is 2. The molecule has 3 heteroatoms. The number of hydrogen-bond acceptors (Lipinski definition) is 2. The van der Waals surface area contributed by atoms with Gasteiger partial charge >= 0.3 is 0 Å². The van der Waals surface area contributed by atoms with Crippen molar-refractivity contribution >= 4 is 32.6 Å². The Hall–Kier alpha value is -3.20. The molecule has 0 amide bonds. The predicted molar refractivity (Wildman–Crippen MR) is 99.1 cm³/mol. The summed E-state index contributed by atoms with van der Waals surface area (Å²) in [6.45, 7) is 2.12. The van der Waals surface area contributed by atoms with E-state index in [-0.39, 0.29) is 0 Å². The molecule has 0 saturated heterocycles. The van der Waals surface area contributed by atoms with Crippen molar-refractivity contribution in [2.45, 2.75) is 6.92 Å². The van der Waals surface area contributed by atoms with Crippen LogP contribution in [0.1, 0.15) is 5.56 Å². The maximum absolute atomic E-state index is 4.64. The van der Waals surface area contributed by atoms with E-state index in [1.807, 2.05) is 12.3 Å². The van der Waals surface area contributed by atoms with Crippen LogP contribution in [0.4, 0.5) is 0 Å². The van der Waals surface area contributed by atoms with E-state index in [2.05, 4.69) is 70.4 Å². The predicted octanol–water partition coefficient (Wildman–Crippen LogP) is 5.24. The molecule has 0 radical (unpaired) electrons. The van der Waals surface area contributed by atoms with Gasteiger partial charge in [-0.3, -0.25) is 4.98 Å². The summed E-state index contributed by atoms with van der Waals surface area (Å²) in [6, 6.07) is 19.2. The molecule has 0 unspecified atom stereocenters. The molecule has 0 atom stereocenters. The van der Waals surface area contributed by atoms with Crippen LogP contribution in [0.25, 0.3) is 44.0 Å². The first-order valence-corrected chi connectivity index (χ1v) is 8.01. The molecular formula is C21H15N3. The molecule has 3 heterocycles. The standard InChI is InChI=1S/C21H15N3/c1-13-4-5-14-11-18-15(10-17(14)9-13)6-8-22-20(18)19-12-16-3-2-7-23-21(16)24-19/h2-12H,1H3,(H,23,24). The van der Waals surface area contributed by atoms with Crippen LogP contribution in [0, 0.1) is 6.92 Å². The molecule has 3 nitrogen and oxygen atoms in total. The van der Waals surface area contributed by atoms with Crippen LogP contribution in [-0.4, -0.2) is 15.0 Å². The summed E-state index contributed by atoms with van der Waals surface area (Å²) in [6.07, 6.45) is 3.67. The number of H-pyrrole nitrogens is 1. The van der Waals surface area contributed by atoms with Crippen molar-refractivity contribution in [2.24, 2.45) is 0 Å². The third-order valence-electron chi connectivity index (χ3n) is 4.52. The highest BCUT2D eigenvalue weighted by molar-refractivity contribution is 6.04. The molecule has 3 aromatic heterocycles. The molecule has 2 aromatic carbocycles. The molecule has 5 rings (SSSR count). The lowest BCUT2D eigenvalue weighted by molar-refractivity contribution is 1.29. The second-order valence-corrected chi connectivity index (χ2v) is 6.21. The fraction of sp³-hybridized carbons (Fsp3) is 0.0476. The first-order valence-electron chi connectivity index (χ1n) is 8.01. The van der Waals surface area contributed by atoms with Gasteiger partial charge in [-0.25, -0.2) is 4.98 Å². The smallest absolute Gasteiger partial charge is 0.137 e. The second kappa shape index (κ2) is 4.90. The Morgan fingerprint density at radius 1 is 0.750 bits per heavy atom. The zero-order chi connectivity index (χ0) is 16.1. The number of aryl methyl sites for hydroxylation is 1. The molecule has 114 valence electrons. The van der Waals surface area contributed by atoms with Crippen LogP contribution in [0.3, 0.4) is 0 Å². The van der Waals surface area contributed by atoms with Crippen LogP contribution in [0.15, 0.2) is 67.0 Å². The van der Waals surface area contributed by atoms with Gasteiger partial charge in [0.1, 0.15) is 5.65 Å². The van der Waals surface area contributed by atoms with Crippen molar-refractivity contribution < 1.29 is 0 Å². The number of nitrogens with zero attached hydrogens (tertiary/aromatic N) is 2. The zero-order valence-electron chi connectivity index (χ0n) is 13.2. The van der Waals surface area contributed by atoms with Crippen LogP contribution in [-0.2, 0) is 0 Å². The van der Waals surface area contributed by atoms with Gasteiger partial charge in [0.15, 0.2) is 0 Å². The van der Waals surface area contributed by atoms with Gasteiger partial charge < -0.3 is 4.98 Å². The second-order valence-electron chi connectivity index (χ2n) is 6.21. The molecule has 1 N–H and O–H groups in total. The molecule has 0 saturated carbocycles. The largest absolute Gasteiger partial charge is 0.338 e. The van der Waals surface area contributed by atoms with Crippen LogP contribution < -0.4 is 0 Å². The van der Waals surface area contributed by atoms with E-state index in [1.54, 1.807) is 6.20 Å². The summed E-state index contributed by atoms with van der Waals surface area (Å²) in [5.41, 5.74) is 4.13. The third-order valence-corrected chi connectivity index (χ3v) is 4.52. The Morgan fingerprint density at radius 2 is 1.71 bits per heavy atom. The molecular weight excluding hydrogens is 294 g/mol. The zero-order valence-corrected chi connectivity index (χ0v) is 13.2.